The Morgan fingerprint density at radius 3 is 2.69 bits per heavy atom. The van der Waals surface area contributed by atoms with Gasteiger partial charge >= 0.3 is 0 Å². The normalized spacial score (nSPS) is 32.6. The molecule has 0 saturated heterocycles. The first-order chi connectivity index (χ1) is 7.63. The number of hydrogen-bond acceptors (Lipinski definition) is 2. The van der Waals surface area contributed by atoms with E-state index in [1.165, 1.54) is 19.3 Å². The fourth-order valence-electron chi connectivity index (χ4n) is 2.80. The molecule has 0 amide bonds. The van der Waals surface area contributed by atoms with Gasteiger partial charge in [0.1, 0.15) is 0 Å². The predicted octanol–water partition coefficient (Wildman–Crippen LogP) is 2.95. The molecule has 2 nitrogen and oxygen atoms in total. The molecule has 1 rings (SSSR count). The lowest BCUT2D eigenvalue weighted by molar-refractivity contribution is 0.155. The van der Waals surface area contributed by atoms with E-state index in [0.717, 1.165) is 43.7 Å². The van der Waals surface area contributed by atoms with Gasteiger partial charge in [0.15, 0.2) is 0 Å². The van der Waals surface area contributed by atoms with Crippen molar-refractivity contribution in [2.45, 2.75) is 71.4 Å². The van der Waals surface area contributed by atoms with Crippen LogP contribution >= 0.6 is 0 Å². The Morgan fingerprint density at radius 2 is 2.06 bits per heavy atom. The van der Waals surface area contributed by atoms with E-state index in [0.29, 0.717) is 0 Å². The van der Waals surface area contributed by atoms with Crippen LogP contribution in [-0.2, 0) is 0 Å². The van der Waals surface area contributed by atoms with Gasteiger partial charge in [-0.1, -0.05) is 20.8 Å². The summed E-state index contributed by atoms with van der Waals surface area (Å²) in [7, 11) is 0. The van der Waals surface area contributed by atoms with Crippen molar-refractivity contribution in [3.63, 3.8) is 0 Å². The SMILES string of the molecule is CCC(O)CCCNC1CCC(C)CC1C. The maximum atomic E-state index is 9.45. The smallest absolute Gasteiger partial charge is 0.0538 e. The van der Waals surface area contributed by atoms with Gasteiger partial charge in [-0.15, -0.1) is 0 Å². The van der Waals surface area contributed by atoms with Crippen LogP contribution in [0.2, 0.25) is 0 Å². The Bertz CT molecular complexity index is 184. The van der Waals surface area contributed by atoms with E-state index in [9.17, 15) is 5.11 Å². The van der Waals surface area contributed by atoms with Crippen molar-refractivity contribution in [3.8, 4) is 0 Å². The molecule has 16 heavy (non-hydrogen) atoms. The summed E-state index contributed by atoms with van der Waals surface area (Å²) in [5.74, 6) is 1.73. The first-order valence-electron chi connectivity index (χ1n) is 7.05. The van der Waals surface area contributed by atoms with Crippen molar-refractivity contribution in [1.29, 1.82) is 0 Å². The molecule has 0 bridgehead atoms. The number of nitrogens with one attached hydrogen (secondary N) is 1. The fraction of sp³-hybridized carbons (Fsp3) is 1.00. The molecule has 0 spiro atoms. The van der Waals surface area contributed by atoms with Gasteiger partial charge in [-0.25, -0.2) is 0 Å². The summed E-state index contributed by atoms with van der Waals surface area (Å²) in [6.45, 7) is 7.85. The highest BCUT2D eigenvalue weighted by atomic mass is 16.3. The average Bonchev–Trinajstić information content (AvgIpc) is 2.26. The zero-order valence-electron chi connectivity index (χ0n) is 11.2. The third kappa shape index (κ3) is 4.84. The molecule has 0 aromatic rings. The van der Waals surface area contributed by atoms with Crippen LogP contribution in [0.3, 0.4) is 0 Å². The van der Waals surface area contributed by atoms with E-state index >= 15 is 0 Å². The summed E-state index contributed by atoms with van der Waals surface area (Å²) >= 11 is 0. The van der Waals surface area contributed by atoms with Gasteiger partial charge < -0.3 is 10.4 Å². The maximum absolute atomic E-state index is 9.45. The number of hydrogen-bond donors (Lipinski definition) is 2. The average molecular weight is 227 g/mol. The topological polar surface area (TPSA) is 32.3 Å². The molecule has 4 unspecified atom stereocenters. The molecule has 96 valence electrons. The minimum absolute atomic E-state index is 0.0920. The van der Waals surface area contributed by atoms with Crippen molar-refractivity contribution in [2.24, 2.45) is 11.8 Å². The van der Waals surface area contributed by atoms with Gasteiger partial charge in [-0.05, 0) is 56.9 Å². The highest BCUT2D eigenvalue weighted by Gasteiger charge is 2.24. The summed E-state index contributed by atoms with van der Waals surface area (Å²) in [5, 5.41) is 13.1. The Kier molecular flexibility index (Phi) is 6.37. The number of aliphatic hydroxyl groups excluding tert-OH is 1. The highest BCUT2D eigenvalue weighted by molar-refractivity contribution is 4.80. The first kappa shape index (κ1) is 14.0. The van der Waals surface area contributed by atoms with Gasteiger partial charge in [-0.3, -0.25) is 0 Å². The number of rotatable bonds is 6. The van der Waals surface area contributed by atoms with Gasteiger partial charge in [0.25, 0.3) is 0 Å². The zero-order chi connectivity index (χ0) is 12.0. The first-order valence-corrected chi connectivity index (χ1v) is 7.05. The molecule has 2 N–H and O–H groups in total. The lowest BCUT2D eigenvalue weighted by Gasteiger charge is -2.33. The Hall–Kier alpha value is -0.0800. The van der Waals surface area contributed by atoms with Gasteiger partial charge in [0.05, 0.1) is 6.10 Å². The van der Waals surface area contributed by atoms with Gasteiger partial charge in [0.2, 0.25) is 0 Å². The summed E-state index contributed by atoms with van der Waals surface area (Å²) in [4.78, 5) is 0. The minimum Gasteiger partial charge on any atom is -0.393 e. The molecule has 1 aliphatic rings. The van der Waals surface area contributed by atoms with Crippen LogP contribution in [0.5, 0.6) is 0 Å². The van der Waals surface area contributed by atoms with Crippen molar-refractivity contribution >= 4 is 0 Å². The molecular weight excluding hydrogens is 198 g/mol. The largest absolute Gasteiger partial charge is 0.393 e. The van der Waals surface area contributed by atoms with Crippen LogP contribution in [0, 0.1) is 11.8 Å². The molecule has 0 heterocycles. The van der Waals surface area contributed by atoms with E-state index in [2.05, 4.69) is 19.2 Å². The summed E-state index contributed by atoms with van der Waals surface area (Å²) in [6, 6.07) is 0.718. The van der Waals surface area contributed by atoms with Crippen molar-refractivity contribution in [1.82, 2.24) is 5.32 Å². The molecule has 1 saturated carbocycles. The third-order valence-corrected chi connectivity index (χ3v) is 4.02. The summed E-state index contributed by atoms with van der Waals surface area (Å²) in [5.41, 5.74) is 0. The lowest BCUT2D eigenvalue weighted by Crippen LogP contribution is -2.39. The quantitative estimate of drug-likeness (QED) is 0.684. The van der Waals surface area contributed by atoms with Crippen molar-refractivity contribution < 1.29 is 5.11 Å². The van der Waals surface area contributed by atoms with E-state index in [1.54, 1.807) is 0 Å². The van der Waals surface area contributed by atoms with Crippen LogP contribution < -0.4 is 5.32 Å². The van der Waals surface area contributed by atoms with Crippen LogP contribution in [0.4, 0.5) is 0 Å². The number of aliphatic hydroxyl groups is 1. The molecular formula is C14H29NO. The van der Waals surface area contributed by atoms with Crippen molar-refractivity contribution in [2.75, 3.05) is 6.54 Å². The van der Waals surface area contributed by atoms with Crippen molar-refractivity contribution in [3.05, 3.63) is 0 Å². The summed E-state index contributed by atoms with van der Waals surface area (Å²) < 4.78 is 0. The third-order valence-electron chi connectivity index (χ3n) is 4.02. The fourth-order valence-corrected chi connectivity index (χ4v) is 2.80. The predicted molar refractivity (Wildman–Crippen MR) is 69.5 cm³/mol. The monoisotopic (exact) mass is 227 g/mol. The molecule has 4 atom stereocenters. The Morgan fingerprint density at radius 1 is 1.31 bits per heavy atom. The molecule has 0 aromatic heterocycles. The van der Waals surface area contributed by atoms with E-state index in [1.807, 2.05) is 6.92 Å². The standard InChI is InChI=1S/C14H29NO/c1-4-13(16)6-5-9-15-14-8-7-11(2)10-12(14)3/h11-16H,4-10H2,1-3H3. The van der Waals surface area contributed by atoms with Crippen LogP contribution in [-0.4, -0.2) is 23.8 Å². The van der Waals surface area contributed by atoms with Gasteiger partial charge in [0, 0.05) is 6.04 Å². The second kappa shape index (κ2) is 7.29. The molecule has 1 aliphatic carbocycles. The molecule has 0 aliphatic heterocycles. The highest BCUT2D eigenvalue weighted by Crippen LogP contribution is 2.28. The second-order valence-corrected chi connectivity index (χ2v) is 5.66. The zero-order valence-corrected chi connectivity index (χ0v) is 11.2. The molecule has 0 radical (unpaired) electrons. The van der Waals surface area contributed by atoms with E-state index in [4.69, 9.17) is 0 Å². The summed E-state index contributed by atoms with van der Waals surface area (Å²) in [6.07, 6.45) is 6.92. The van der Waals surface area contributed by atoms with Gasteiger partial charge in [-0.2, -0.15) is 0 Å². The molecule has 1 fully saturated rings. The lowest BCUT2D eigenvalue weighted by atomic mass is 9.80. The second-order valence-electron chi connectivity index (χ2n) is 5.66. The van der Waals surface area contributed by atoms with E-state index < -0.39 is 0 Å². The maximum Gasteiger partial charge on any atom is 0.0538 e. The van der Waals surface area contributed by atoms with Crippen LogP contribution in [0.1, 0.15) is 59.3 Å². The molecule has 0 aromatic carbocycles. The minimum atomic E-state index is -0.0920. The van der Waals surface area contributed by atoms with Crippen LogP contribution in [0.15, 0.2) is 0 Å². The van der Waals surface area contributed by atoms with Crippen LogP contribution in [0.25, 0.3) is 0 Å². The molecule has 2 heteroatoms. The van der Waals surface area contributed by atoms with E-state index in [-0.39, 0.29) is 6.10 Å². The Balaban J connectivity index is 2.08. The Labute approximate surface area is 101 Å².